The maximum Gasteiger partial charge on any atom is 0.339 e. The van der Waals surface area contributed by atoms with Crippen LogP contribution in [0.1, 0.15) is 15.9 Å². The van der Waals surface area contributed by atoms with E-state index >= 15 is 0 Å². The SMILES string of the molecule is COC(=O)c1ccc(OS(=O)(=O)c2cccc(Cl)c2C)c(OC)c1. The molecule has 0 unspecified atom stereocenters. The number of ether oxygens (including phenoxy) is 2. The zero-order valence-electron chi connectivity index (χ0n) is 13.2. The topological polar surface area (TPSA) is 78.9 Å². The minimum absolute atomic E-state index is 0.0471. The van der Waals surface area contributed by atoms with Crippen LogP contribution in [0.2, 0.25) is 5.02 Å². The highest BCUT2D eigenvalue weighted by atomic mass is 35.5. The monoisotopic (exact) mass is 370 g/mol. The van der Waals surface area contributed by atoms with Gasteiger partial charge < -0.3 is 13.7 Å². The maximum atomic E-state index is 12.5. The quantitative estimate of drug-likeness (QED) is 0.594. The number of carbonyl (C=O) groups excluding carboxylic acids is 1. The Hall–Kier alpha value is -2.25. The molecule has 0 heterocycles. The smallest absolute Gasteiger partial charge is 0.339 e. The molecule has 0 atom stereocenters. The molecule has 0 aliphatic rings. The van der Waals surface area contributed by atoms with Gasteiger partial charge >= 0.3 is 16.1 Å². The number of halogens is 1. The fourth-order valence-electron chi connectivity index (χ4n) is 2.00. The van der Waals surface area contributed by atoms with Gasteiger partial charge in [-0.1, -0.05) is 17.7 Å². The van der Waals surface area contributed by atoms with Crippen molar-refractivity contribution in [2.24, 2.45) is 0 Å². The number of benzene rings is 2. The maximum absolute atomic E-state index is 12.5. The summed E-state index contributed by atoms with van der Waals surface area (Å²) in [6.45, 7) is 1.58. The zero-order chi connectivity index (χ0) is 17.9. The molecule has 0 aliphatic carbocycles. The Kier molecular flexibility index (Phi) is 5.36. The van der Waals surface area contributed by atoms with Gasteiger partial charge in [0.15, 0.2) is 11.5 Å². The first-order valence-corrected chi connectivity index (χ1v) is 8.54. The lowest BCUT2D eigenvalue weighted by Crippen LogP contribution is -2.12. The van der Waals surface area contributed by atoms with Gasteiger partial charge in [-0.25, -0.2) is 4.79 Å². The molecule has 0 saturated carbocycles. The Morgan fingerprint density at radius 2 is 1.79 bits per heavy atom. The average Bonchev–Trinajstić information content (AvgIpc) is 2.56. The van der Waals surface area contributed by atoms with Gasteiger partial charge in [-0.15, -0.1) is 0 Å². The largest absolute Gasteiger partial charge is 0.493 e. The lowest BCUT2D eigenvalue weighted by molar-refractivity contribution is 0.0600. The molecule has 2 rings (SSSR count). The third-order valence-corrected chi connectivity index (χ3v) is 5.06. The lowest BCUT2D eigenvalue weighted by Gasteiger charge is -2.13. The Morgan fingerprint density at radius 3 is 2.42 bits per heavy atom. The van der Waals surface area contributed by atoms with Crippen LogP contribution in [0.5, 0.6) is 11.5 Å². The summed E-state index contributed by atoms with van der Waals surface area (Å²) in [6, 6.07) is 8.53. The summed E-state index contributed by atoms with van der Waals surface area (Å²) in [5.74, 6) is -0.543. The molecule has 0 N–H and O–H groups in total. The van der Waals surface area contributed by atoms with Crippen LogP contribution in [-0.2, 0) is 14.9 Å². The summed E-state index contributed by atoms with van der Waals surface area (Å²) >= 11 is 5.96. The number of rotatable bonds is 5. The molecular formula is C16H15ClO6S. The first-order chi connectivity index (χ1) is 11.3. The van der Waals surface area contributed by atoms with Crippen LogP contribution in [0.25, 0.3) is 0 Å². The van der Waals surface area contributed by atoms with Gasteiger partial charge in [0.2, 0.25) is 0 Å². The fourth-order valence-corrected chi connectivity index (χ4v) is 3.43. The Morgan fingerprint density at radius 1 is 1.08 bits per heavy atom. The van der Waals surface area contributed by atoms with Crippen molar-refractivity contribution in [3.8, 4) is 11.5 Å². The highest BCUT2D eigenvalue weighted by molar-refractivity contribution is 7.87. The van der Waals surface area contributed by atoms with Gasteiger partial charge in [0.25, 0.3) is 0 Å². The molecule has 6 nitrogen and oxygen atoms in total. The van der Waals surface area contributed by atoms with Crippen LogP contribution in [0.15, 0.2) is 41.3 Å². The van der Waals surface area contributed by atoms with Crippen molar-refractivity contribution in [1.82, 2.24) is 0 Å². The van der Waals surface area contributed by atoms with E-state index in [1.807, 2.05) is 0 Å². The molecular weight excluding hydrogens is 356 g/mol. The number of methoxy groups -OCH3 is 2. The van der Waals surface area contributed by atoms with E-state index in [4.69, 9.17) is 20.5 Å². The van der Waals surface area contributed by atoms with Crippen LogP contribution in [0, 0.1) is 6.92 Å². The summed E-state index contributed by atoms with van der Waals surface area (Å²) < 4.78 is 39.8. The Balaban J connectivity index is 2.43. The van der Waals surface area contributed by atoms with Crippen molar-refractivity contribution < 1.29 is 26.9 Å². The van der Waals surface area contributed by atoms with Crippen molar-refractivity contribution in [3.63, 3.8) is 0 Å². The molecule has 128 valence electrons. The van der Waals surface area contributed by atoms with Gasteiger partial charge in [0.05, 0.1) is 19.8 Å². The van der Waals surface area contributed by atoms with Crippen LogP contribution in [0.4, 0.5) is 0 Å². The molecule has 0 saturated heterocycles. The van der Waals surface area contributed by atoms with Crippen molar-refractivity contribution in [1.29, 1.82) is 0 Å². The second-order valence-corrected chi connectivity index (χ2v) is 6.68. The molecule has 0 aromatic heterocycles. The first kappa shape index (κ1) is 18.1. The van der Waals surface area contributed by atoms with E-state index in [2.05, 4.69) is 4.74 Å². The summed E-state index contributed by atoms with van der Waals surface area (Å²) in [4.78, 5) is 11.5. The fraction of sp³-hybridized carbons (Fsp3) is 0.188. The number of carbonyl (C=O) groups is 1. The number of hydrogen-bond donors (Lipinski definition) is 0. The van der Waals surface area contributed by atoms with E-state index in [0.717, 1.165) is 0 Å². The molecule has 2 aromatic carbocycles. The summed E-state index contributed by atoms with van der Waals surface area (Å²) in [6.07, 6.45) is 0. The van der Waals surface area contributed by atoms with Crippen LogP contribution in [-0.4, -0.2) is 28.6 Å². The molecule has 0 amide bonds. The molecule has 0 radical (unpaired) electrons. The molecule has 24 heavy (non-hydrogen) atoms. The molecule has 0 spiro atoms. The van der Waals surface area contributed by atoms with E-state index in [0.29, 0.717) is 10.6 Å². The number of hydrogen-bond acceptors (Lipinski definition) is 6. The average molecular weight is 371 g/mol. The summed E-state index contributed by atoms with van der Waals surface area (Å²) in [5, 5.41) is 0.313. The van der Waals surface area contributed by atoms with Crippen molar-refractivity contribution in [2.75, 3.05) is 14.2 Å². The summed E-state index contributed by atoms with van der Waals surface area (Å²) in [5.41, 5.74) is 0.586. The van der Waals surface area contributed by atoms with Gasteiger partial charge in [-0.05, 0) is 42.8 Å². The lowest BCUT2D eigenvalue weighted by atomic mass is 10.2. The Bertz CT molecular complexity index is 876. The third kappa shape index (κ3) is 3.63. The minimum Gasteiger partial charge on any atom is -0.493 e. The second-order valence-electron chi connectivity index (χ2n) is 4.76. The predicted octanol–water partition coefficient (Wildman–Crippen LogP) is 3.21. The Labute approximate surface area is 145 Å². The molecule has 8 heteroatoms. The first-order valence-electron chi connectivity index (χ1n) is 6.76. The molecule has 2 aromatic rings. The normalized spacial score (nSPS) is 11.0. The van der Waals surface area contributed by atoms with Crippen molar-refractivity contribution in [3.05, 3.63) is 52.5 Å². The minimum atomic E-state index is -4.12. The van der Waals surface area contributed by atoms with E-state index in [-0.39, 0.29) is 22.0 Å². The van der Waals surface area contributed by atoms with Gasteiger partial charge in [0, 0.05) is 5.02 Å². The molecule has 0 aliphatic heterocycles. The van der Waals surface area contributed by atoms with Crippen molar-refractivity contribution >= 4 is 27.7 Å². The third-order valence-electron chi connectivity index (χ3n) is 3.27. The van der Waals surface area contributed by atoms with Gasteiger partial charge in [0.1, 0.15) is 4.90 Å². The highest BCUT2D eigenvalue weighted by Gasteiger charge is 2.23. The van der Waals surface area contributed by atoms with Crippen LogP contribution in [0.3, 0.4) is 0 Å². The van der Waals surface area contributed by atoms with E-state index in [1.165, 1.54) is 44.6 Å². The van der Waals surface area contributed by atoms with E-state index in [9.17, 15) is 13.2 Å². The van der Waals surface area contributed by atoms with Crippen molar-refractivity contribution in [2.45, 2.75) is 11.8 Å². The second kappa shape index (κ2) is 7.11. The van der Waals surface area contributed by atoms with Gasteiger partial charge in [-0.3, -0.25) is 0 Å². The molecule has 0 bridgehead atoms. The van der Waals surface area contributed by atoms with E-state index < -0.39 is 16.1 Å². The zero-order valence-corrected chi connectivity index (χ0v) is 14.8. The standard InChI is InChI=1S/C16H15ClO6S/c1-10-12(17)5-4-6-15(10)24(19,20)23-13-8-7-11(16(18)22-3)9-14(13)21-2/h4-9H,1-3H3. The molecule has 0 fully saturated rings. The summed E-state index contributed by atoms with van der Waals surface area (Å²) in [7, 11) is -1.54. The van der Waals surface area contributed by atoms with Gasteiger partial charge in [-0.2, -0.15) is 8.42 Å². The predicted molar refractivity (Wildman–Crippen MR) is 88.3 cm³/mol. The number of esters is 1. The van der Waals surface area contributed by atoms with E-state index in [1.54, 1.807) is 13.0 Å². The van der Waals surface area contributed by atoms with Crippen LogP contribution < -0.4 is 8.92 Å². The van der Waals surface area contributed by atoms with Crippen LogP contribution >= 0.6 is 11.6 Å². The highest BCUT2D eigenvalue weighted by Crippen LogP contribution is 2.32.